The molecule has 106 valence electrons. The van der Waals surface area contributed by atoms with E-state index < -0.39 is 5.82 Å². The lowest BCUT2D eigenvalue weighted by Crippen LogP contribution is -1.98. The summed E-state index contributed by atoms with van der Waals surface area (Å²) < 4.78 is 14.1. The zero-order valence-electron chi connectivity index (χ0n) is 11.0. The van der Waals surface area contributed by atoms with E-state index in [-0.39, 0.29) is 5.02 Å². The molecule has 5 heteroatoms. The van der Waals surface area contributed by atoms with Crippen molar-refractivity contribution in [1.29, 1.82) is 0 Å². The van der Waals surface area contributed by atoms with Crippen LogP contribution in [0.25, 0.3) is 21.0 Å². The van der Waals surface area contributed by atoms with E-state index in [9.17, 15) is 4.39 Å². The maximum Gasteiger partial charge on any atom is 0.152 e. The molecule has 0 atom stereocenters. The van der Waals surface area contributed by atoms with Crippen molar-refractivity contribution in [2.24, 2.45) is 5.73 Å². The normalized spacial score (nSPS) is 10.8. The van der Waals surface area contributed by atoms with Gasteiger partial charge in [0.1, 0.15) is 5.01 Å². The van der Waals surface area contributed by atoms with Crippen molar-refractivity contribution in [2.75, 3.05) is 0 Å². The van der Waals surface area contributed by atoms with E-state index in [2.05, 4.69) is 4.98 Å². The molecular formula is C16H12ClFN2S. The Kier molecular flexibility index (Phi) is 4.01. The minimum Gasteiger partial charge on any atom is -0.325 e. The monoisotopic (exact) mass is 318 g/mol. The molecule has 3 aromatic rings. The van der Waals surface area contributed by atoms with Crippen LogP contribution in [0.4, 0.5) is 4.39 Å². The van der Waals surface area contributed by atoms with E-state index in [1.54, 1.807) is 12.1 Å². The number of halogens is 2. The Labute approximate surface area is 131 Å². The van der Waals surface area contributed by atoms with Crippen molar-refractivity contribution in [3.05, 3.63) is 65.1 Å². The summed E-state index contributed by atoms with van der Waals surface area (Å²) in [6.07, 6.45) is 0. The Bertz CT molecular complexity index is 771. The molecule has 0 saturated heterocycles. The lowest BCUT2D eigenvalue weighted by atomic mass is 10.1. The third-order valence-corrected chi connectivity index (χ3v) is 4.58. The van der Waals surface area contributed by atoms with Crippen LogP contribution in [0.15, 0.2) is 48.5 Å². The zero-order valence-corrected chi connectivity index (χ0v) is 12.6. The zero-order chi connectivity index (χ0) is 14.8. The average Bonchev–Trinajstić information content (AvgIpc) is 2.95. The molecule has 0 fully saturated rings. The SMILES string of the molecule is NCc1nc(-c2cccc(Cl)c2F)sc1-c1ccccc1. The van der Waals surface area contributed by atoms with Gasteiger partial charge in [0.05, 0.1) is 15.6 Å². The van der Waals surface area contributed by atoms with Crippen LogP contribution in [-0.2, 0) is 6.54 Å². The molecule has 1 heterocycles. The van der Waals surface area contributed by atoms with Crippen LogP contribution < -0.4 is 5.73 Å². The molecule has 21 heavy (non-hydrogen) atoms. The molecule has 0 aliphatic carbocycles. The van der Waals surface area contributed by atoms with Gasteiger partial charge in [0.2, 0.25) is 0 Å². The number of rotatable bonds is 3. The Balaban J connectivity index is 2.14. The summed E-state index contributed by atoms with van der Waals surface area (Å²) in [5, 5.41) is 0.688. The lowest BCUT2D eigenvalue weighted by Gasteiger charge is -2.00. The lowest BCUT2D eigenvalue weighted by molar-refractivity contribution is 0.631. The molecule has 0 aliphatic heterocycles. The van der Waals surface area contributed by atoms with Gasteiger partial charge in [-0.25, -0.2) is 9.37 Å². The summed E-state index contributed by atoms with van der Waals surface area (Å²) in [5.74, 6) is -0.448. The van der Waals surface area contributed by atoms with Crippen LogP contribution in [0.5, 0.6) is 0 Å². The third-order valence-electron chi connectivity index (χ3n) is 3.11. The van der Waals surface area contributed by atoms with E-state index in [4.69, 9.17) is 17.3 Å². The Morgan fingerprint density at radius 3 is 2.57 bits per heavy atom. The van der Waals surface area contributed by atoms with Crippen molar-refractivity contribution in [3.8, 4) is 21.0 Å². The minimum absolute atomic E-state index is 0.0956. The van der Waals surface area contributed by atoms with Gasteiger partial charge >= 0.3 is 0 Å². The maximum atomic E-state index is 14.1. The highest BCUT2D eigenvalue weighted by Gasteiger charge is 2.16. The number of nitrogens with two attached hydrogens (primary N) is 1. The second-order valence-electron chi connectivity index (χ2n) is 4.47. The van der Waals surface area contributed by atoms with Gasteiger partial charge < -0.3 is 5.73 Å². The molecule has 2 aromatic carbocycles. The van der Waals surface area contributed by atoms with Crippen molar-refractivity contribution in [1.82, 2.24) is 4.98 Å². The highest BCUT2D eigenvalue weighted by atomic mass is 35.5. The highest BCUT2D eigenvalue weighted by molar-refractivity contribution is 7.18. The van der Waals surface area contributed by atoms with E-state index in [1.165, 1.54) is 17.4 Å². The van der Waals surface area contributed by atoms with Crippen LogP contribution in [0.2, 0.25) is 5.02 Å². The quantitative estimate of drug-likeness (QED) is 0.758. The van der Waals surface area contributed by atoms with Gasteiger partial charge in [0.25, 0.3) is 0 Å². The topological polar surface area (TPSA) is 38.9 Å². The Hall–Kier alpha value is -1.75. The van der Waals surface area contributed by atoms with Gasteiger partial charge in [-0.2, -0.15) is 0 Å². The number of benzene rings is 2. The predicted molar refractivity (Wildman–Crippen MR) is 85.8 cm³/mol. The third kappa shape index (κ3) is 2.70. The summed E-state index contributed by atoms with van der Waals surface area (Å²) in [4.78, 5) is 5.44. The molecule has 0 saturated carbocycles. The smallest absolute Gasteiger partial charge is 0.152 e. The second-order valence-corrected chi connectivity index (χ2v) is 5.87. The summed E-state index contributed by atoms with van der Waals surface area (Å²) in [6, 6.07) is 14.8. The molecule has 0 bridgehead atoms. The fourth-order valence-electron chi connectivity index (χ4n) is 2.09. The first-order chi connectivity index (χ1) is 10.2. The summed E-state index contributed by atoms with van der Waals surface area (Å²) in [6.45, 7) is 0.308. The van der Waals surface area contributed by atoms with E-state index in [0.29, 0.717) is 17.1 Å². The molecule has 0 unspecified atom stereocenters. The number of hydrogen-bond donors (Lipinski definition) is 1. The molecule has 0 amide bonds. The standard InChI is InChI=1S/C16H12ClFN2S/c17-12-8-4-7-11(14(12)18)16-20-13(9-19)15(21-16)10-5-2-1-3-6-10/h1-8H,9,19H2. The van der Waals surface area contributed by atoms with Gasteiger partial charge in [-0.3, -0.25) is 0 Å². The van der Waals surface area contributed by atoms with Gasteiger partial charge in [-0.05, 0) is 17.7 Å². The van der Waals surface area contributed by atoms with Crippen LogP contribution in [0.1, 0.15) is 5.69 Å². The van der Waals surface area contributed by atoms with Gasteiger partial charge in [0, 0.05) is 12.1 Å². The number of nitrogens with zero attached hydrogens (tertiary/aromatic N) is 1. The summed E-state index contributed by atoms with van der Waals surface area (Å²) in [7, 11) is 0. The molecule has 3 rings (SSSR count). The van der Waals surface area contributed by atoms with E-state index in [1.807, 2.05) is 30.3 Å². The van der Waals surface area contributed by atoms with Crippen LogP contribution in [0, 0.1) is 5.82 Å². The molecule has 0 radical (unpaired) electrons. The van der Waals surface area contributed by atoms with Crippen molar-refractivity contribution >= 4 is 22.9 Å². The highest BCUT2D eigenvalue weighted by Crippen LogP contribution is 2.37. The average molecular weight is 319 g/mol. The molecular weight excluding hydrogens is 307 g/mol. The van der Waals surface area contributed by atoms with Crippen molar-refractivity contribution in [2.45, 2.75) is 6.54 Å². The largest absolute Gasteiger partial charge is 0.325 e. The van der Waals surface area contributed by atoms with E-state index >= 15 is 0 Å². The van der Waals surface area contributed by atoms with E-state index in [0.717, 1.165) is 16.1 Å². The first-order valence-electron chi connectivity index (χ1n) is 6.40. The molecule has 2 nitrogen and oxygen atoms in total. The van der Waals surface area contributed by atoms with Gasteiger partial charge in [-0.15, -0.1) is 11.3 Å². The number of aromatic nitrogens is 1. The Morgan fingerprint density at radius 2 is 1.86 bits per heavy atom. The molecule has 2 N–H and O–H groups in total. The summed E-state index contributed by atoms with van der Waals surface area (Å²) >= 11 is 7.26. The van der Waals surface area contributed by atoms with Gasteiger partial charge in [-0.1, -0.05) is 48.0 Å². The molecule has 0 aliphatic rings. The van der Waals surface area contributed by atoms with Crippen molar-refractivity contribution in [3.63, 3.8) is 0 Å². The second kappa shape index (κ2) is 5.93. The first kappa shape index (κ1) is 14.2. The number of thiazole rings is 1. The van der Waals surface area contributed by atoms with Crippen LogP contribution >= 0.6 is 22.9 Å². The first-order valence-corrected chi connectivity index (χ1v) is 7.59. The van der Waals surface area contributed by atoms with Crippen LogP contribution in [-0.4, -0.2) is 4.98 Å². The van der Waals surface area contributed by atoms with Gasteiger partial charge in [0.15, 0.2) is 5.82 Å². The fraction of sp³-hybridized carbons (Fsp3) is 0.0625. The van der Waals surface area contributed by atoms with Crippen molar-refractivity contribution < 1.29 is 4.39 Å². The maximum absolute atomic E-state index is 14.1. The number of hydrogen-bond acceptors (Lipinski definition) is 3. The van der Waals surface area contributed by atoms with Crippen LogP contribution in [0.3, 0.4) is 0 Å². The molecule has 1 aromatic heterocycles. The summed E-state index contributed by atoms with van der Waals surface area (Å²) in [5.41, 5.74) is 7.97. The minimum atomic E-state index is -0.448. The predicted octanol–water partition coefficient (Wildman–Crippen LogP) is 4.73. The molecule has 0 spiro atoms. The Morgan fingerprint density at radius 1 is 1.10 bits per heavy atom. The fourth-order valence-corrected chi connectivity index (χ4v) is 3.38.